The van der Waals surface area contributed by atoms with Crippen molar-refractivity contribution in [1.82, 2.24) is 14.5 Å². The van der Waals surface area contributed by atoms with Crippen molar-refractivity contribution in [1.29, 1.82) is 0 Å². The first-order valence-electron chi connectivity index (χ1n) is 11.1. The summed E-state index contributed by atoms with van der Waals surface area (Å²) >= 11 is 7.45. The lowest BCUT2D eigenvalue weighted by Crippen LogP contribution is -2.51. The third-order valence-corrected chi connectivity index (χ3v) is 7.25. The van der Waals surface area contributed by atoms with E-state index in [-0.39, 0.29) is 30.1 Å². The number of amides is 2. The molecule has 4 rings (SSSR count). The van der Waals surface area contributed by atoms with Crippen LogP contribution in [0.4, 0.5) is 14.5 Å². The fourth-order valence-corrected chi connectivity index (χ4v) is 5.02. The molecule has 2 aromatic carbocycles. The Kier molecular flexibility index (Phi) is 7.73. The number of hydrogen-bond donors (Lipinski definition) is 2. The molecule has 1 aromatic heterocycles. The molecule has 1 aliphatic rings. The van der Waals surface area contributed by atoms with Crippen molar-refractivity contribution < 1.29 is 18.4 Å². The fraction of sp³-hybridized carbons (Fsp3) is 0.333. The van der Waals surface area contributed by atoms with E-state index in [0.29, 0.717) is 33.3 Å². The first-order valence-corrected chi connectivity index (χ1v) is 12.3. The van der Waals surface area contributed by atoms with Crippen molar-refractivity contribution in [3.63, 3.8) is 0 Å². The number of hydrogen-bond acceptors (Lipinski definition) is 6. The lowest BCUT2D eigenvalue weighted by molar-refractivity contribution is 0.0582. The first-order chi connectivity index (χ1) is 16.7. The summed E-state index contributed by atoms with van der Waals surface area (Å²) in [6.07, 6.45) is 3.22. The van der Waals surface area contributed by atoms with Gasteiger partial charge in [0.2, 0.25) is 0 Å². The molecule has 0 aliphatic heterocycles. The monoisotopic (exact) mass is 519 g/mol. The fourth-order valence-electron chi connectivity index (χ4n) is 4.29. The lowest BCUT2D eigenvalue weighted by Gasteiger charge is -2.38. The summed E-state index contributed by atoms with van der Waals surface area (Å²) in [6, 6.07) is 7.07. The molecule has 2 unspecified atom stereocenters. The normalized spacial score (nSPS) is 17.7. The summed E-state index contributed by atoms with van der Waals surface area (Å²) in [6.45, 7) is 1.75. The van der Waals surface area contributed by atoms with Crippen molar-refractivity contribution >= 4 is 40.6 Å². The zero-order chi connectivity index (χ0) is 25.1. The molecule has 0 saturated heterocycles. The second kappa shape index (κ2) is 10.8. The lowest BCUT2D eigenvalue weighted by atomic mass is 9.89. The van der Waals surface area contributed by atoms with Gasteiger partial charge in [-0.05, 0) is 67.2 Å². The number of halogens is 3. The Morgan fingerprint density at radius 3 is 2.54 bits per heavy atom. The maximum absolute atomic E-state index is 13.9. The topological polar surface area (TPSA) is 101 Å². The number of aromatic nitrogens is 2. The van der Waals surface area contributed by atoms with Crippen LogP contribution in [0.2, 0.25) is 5.02 Å². The highest BCUT2D eigenvalue weighted by Gasteiger charge is 2.32. The van der Waals surface area contributed by atoms with Gasteiger partial charge >= 0.3 is 0 Å². The van der Waals surface area contributed by atoms with Crippen molar-refractivity contribution in [3.8, 4) is 0 Å². The molecule has 7 nitrogen and oxygen atoms in total. The predicted molar refractivity (Wildman–Crippen MR) is 131 cm³/mol. The molecule has 2 atom stereocenters. The number of rotatable bonds is 6. The van der Waals surface area contributed by atoms with Crippen molar-refractivity contribution in [3.05, 3.63) is 74.8 Å². The zero-order valence-electron chi connectivity index (χ0n) is 18.9. The average Bonchev–Trinajstić information content (AvgIpc) is 3.25. The van der Waals surface area contributed by atoms with Gasteiger partial charge in [-0.25, -0.2) is 8.78 Å². The number of nitrogens with one attached hydrogen (secondary N) is 1. The van der Waals surface area contributed by atoms with Gasteiger partial charge in [-0.3, -0.25) is 9.59 Å². The van der Waals surface area contributed by atoms with Gasteiger partial charge in [0.25, 0.3) is 11.8 Å². The van der Waals surface area contributed by atoms with E-state index < -0.39 is 17.5 Å². The maximum atomic E-state index is 13.9. The molecule has 3 aromatic rings. The first kappa shape index (κ1) is 25.2. The second-order valence-corrected chi connectivity index (χ2v) is 9.72. The van der Waals surface area contributed by atoms with E-state index in [0.717, 1.165) is 49.0 Å². The summed E-state index contributed by atoms with van der Waals surface area (Å²) in [5.74, 6) is -2.57. The molecule has 11 heteroatoms. The quantitative estimate of drug-likeness (QED) is 0.480. The summed E-state index contributed by atoms with van der Waals surface area (Å²) in [5.41, 5.74) is 7.82. The number of nitrogens with zero attached hydrogens (tertiary/aromatic N) is 3. The van der Waals surface area contributed by atoms with Crippen LogP contribution < -0.4 is 11.1 Å². The standard InChI is InChI=1S/C24H24ClF2N5O2S/c1-13-22(35-31-30-13)23(33)29-18-6-7-19(25)15(10-18)12-32(21-5-3-2-4-20(21)28)24(34)14-8-16(26)11-17(27)9-14/h6-11,20-21H,2-5,12,28H2,1H3,(H,29,33). The van der Waals surface area contributed by atoms with Gasteiger partial charge in [-0.15, -0.1) is 5.10 Å². The molecule has 0 bridgehead atoms. The molecule has 184 valence electrons. The van der Waals surface area contributed by atoms with Gasteiger partial charge in [0.1, 0.15) is 16.5 Å². The van der Waals surface area contributed by atoms with Gasteiger partial charge in [-0.1, -0.05) is 28.9 Å². The number of carbonyl (C=O) groups excluding carboxylic acids is 2. The summed E-state index contributed by atoms with van der Waals surface area (Å²) < 4.78 is 31.5. The molecule has 2 amide bonds. The maximum Gasteiger partial charge on any atom is 0.269 e. The molecule has 1 aliphatic carbocycles. The molecular weight excluding hydrogens is 496 g/mol. The van der Waals surface area contributed by atoms with E-state index in [1.165, 1.54) is 4.90 Å². The molecule has 0 spiro atoms. The summed E-state index contributed by atoms with van der Waals surface area (Å²) in [5, 5.41) is 7.02. The Morgan fingerprint density at radius 1 is 1.17 bits per heavy atom. The third kappa shape index (κ3) is 5.83. The molecule has 35 heavy (non-hydrogen) atoms. The Morgan fingerprint density at radius 2 is 1.89 bits per heavy atom. The molecule has 1 fully saturated rings. The van der Waals surface area contributed by atoms with Crippen LogP contribution in [-0.2, 0) is 6.54 Å². The van der Waals surface area contributed by atoms with Gasteiger partial charge in [-0.2, -0.15) is 0 Å². The van der Waals surface area contributed by atoms with Gasteiger partial charge in [0.05, 0.1) is 5.69 Å². The Labute approximate surface area is 210 Å². The number of nitrogens with two attached hydrogens (primary N) is 1. The van der Waals surface area contributed by atoms with Crippen molar-refractivity contribution in [2.24, 2.45) is 5.73 Å². The predicted octanol–water partition coefficient (Wildman–Crippen LogP) is 4.94. The van der Waals surface area contributed by atoms with E-state index in [1.807, 2.05) is 0 Å². The largest absolute Gasteiger partial charge is 0.330 e. The SMILES string of the molecule is Cc1nnsc1C(=O)Nc1ccc(Cl)c(CN(C(=O)c2cc(F)cc(F)c2)C2CCCCC2N)c1. The molecule has 1 saturated carbocycles. The van der Waals surface area contributed by atoms with Crippen LogP contribution in [0.25, 0.3) is 0 Å². The minimum atomic E-state index is -0.836. The smallest absolute Gasteiger partial charge is 0.269 e. The number of benzene rings is 2. The van der Waals surface area contributed by atoms with Crippen LogP contribution in [0.15, 0.2) is 36.4 Å². The molecule has 1 heterocycles. The van der Waals surface area contributed by atoms with E-state index in [1.54, 1.807) is 25.1 Å². The Bertz CT molecular complexity index is 1230. The summed E-state index contributed by atoms with van der Waals surface area (Å²) in [4.78, 5) is 28.0. The average molecular weight is 520 g/mol. The van der Waals surface area contributed by atoms with Crippen LogP contribution >= 0.6 is 23.1 Å². The third-order valence-electron chi connectivity index (χ3n) is 6.05. The number of aryl methyl sites for hydroxylation is 1. The van der Waals surface area contributed by atoms with E-state index in [4.69, 9.17) is 17.3 Å². The Hall–Kier alpha value is -2.95. The van der Waals surface area contributed by atoms with Gasteiger partial charge in [0.15, 0.2) is 0 Å². The minimum Gasteiger partial charge on any atom is -0.330 e. The second-order valence-electron chi connectivity index (χ2n) is 8.55. The Balaban J connectivity index is 1.64. The van der Waals surface area contributed by atoms with Crippen molar-refractivity contribution in [2.75, 3.05) is 5.32 Å². The van der Waals surface area contributed by atoms with E-state index in [2.05, 4.69) is 14.9 Å². The van der Waals surface area contributed by atoms with Crippen LogP contribution in [0.3, 0.4) is 0 Å². The van der Waals surface area contributed by atoms with E-state index >= 15 is 0 Å². The van der Waals surface area contributed by atoms with Gasteiger partial charge in [0, 0.05) is 41.0 Å². The number of carbonyl (C=O) groups is 2. The van der Waals surface area contributed by atoms with E-state index in [9.17, 15) is 18.4 Å². The highest BCUT2D eigenvalue weighted by Crippen LogP contribution is 2.29. The van der Waals surface area contributed by atoms with Crippen LogP contribution in [-0.4, -0.2) is 38.4 Å². The van der Waals surface area contributed by atoms with Gasteiger partial charge < -0.3 is 16.0 Å². The van der Waals surface area contributed by atoms with Crippen LogP contribution in [0.1, 0.15) is 57.0 Å². The molecule has 0 radical (unpaired) electrons. The minimum absolute atomic E-state index is 0.0546. The van der Waals surface area contributed by atoms with Crippen LogP contribution in [0, 0.1) is 18.6 Å². The highest BCUT2D eigenvalue weighted by molar-refractivity contribution is 7.08. The summed E-state index contributed by atoms with van der Waals surface area (Å²) in [7, 11) is 0. The highest BCUT2D eigenvalue weighted by atomic mass is 35.5. The molecular formula is C24H24ClF2N5O2S. The molecule has 3 N–H and O–H groups in total. The zero-order valence-corrected chi connectivity index (χ0v) is 20.5. The number of anilines is 1. The van der Waals surface area contributed by atoms with Crippen molar-refractivity contribution in [2.45, 2.75) is 51.2 Å². The van der Waals surface area contributed by atoms with Crippen LogP contribution in [0.5, 0.6) is 0 Å².